The fraction of sp³-hybridized carbons (Fsp3) is 0.933. The number of hydrogen-bond acceptors (Lipinski definition) is 3. The molecule has 1 heterocycles. The molecule has 6 fully saturated rings. The molecule has 6 aliphatic rings. The van der Waals surface area contributed by atoms with Crippen LogP contribution < -0.4 is 0 Å². The number of Topliss-reactive ketones (excluding diaryl/α,β-unsaturated/α-hetero) is 1. The number of esters is 1. The first-order valence-electron chi connectivity index (χ1n) is 14.0. The Balaban J connectivity index is 1.42. The lowest BCUT2D eigenvalue weighted by Gasteiger charge is -2.72. The van der Waals surface area contributed by atoms with Gasteiger partial charge in [-0.3, -0.25) is 9.59 Å². The molecule has 0 amide bonds. The number of rotatable bonds is 0. The van der Waals surface area contributed by atoms with Crippen molar-refractivity contribution in [2.45, 2.75) is 119 Å². The van der Waals surface area contributed by atoms with Crippen molar-refractivity contribution in [1.82, 2.24) is 0 Å². The summed E-state index contributed by atoms with van der Waals surface area (Å²) in [7, 11) is 0. The van der Waals surface area contributed by atoms with Crippen LogP contribution in [0.2, 0.25) is 0 Å². The second-order valence-corrected chi connectivity index (χ2v) is 15.3. The lowest BCUT2D eigenvalue weighted by atomic mass is 9.31. The van der Waals surface area contributed by atoms with E-state index in [0.29, 0.717) is 29.5 Å². The Kier molecular flexibility index (Phi) is 4.30. The van der Waals surface area contributed by atoms with Crippen molar-refractivity contribution in [2.24, 2.45) is 56.2 Å². The highest BCUT2D eigenvalue weighted by molar-refractivity contribution is 5.85. The van der Waals surface area contributed by atoms with Gasteiger partial charge in [-0.2, -0.15) is 0 Å². The molecule has 2 bridgehead atoms. The molecule has 0 N–H and O–H groups in total. The lowest BCUT2D eigenvalue weighted by Crippen LogP contribution is -2.67. The van der Waals surface area contributed by atoms with Gasteiger partial charge in [-0.25, -0.2) is 0 Å². The van der Waals surface area contributed by atoms with Crippen molar-refractivity contribution < 1.29 is 14.3 Å². The minimum atomic E-state index is -0.200. The van der Waals surface area contributed by atoms with Gasteiger partial charge in [0.25, 0.3) is 0 Å². The van der Waals surface area contributed by atoms with E-state index in [-0.39, 0.29) is 44.6 Å². The molecule has 1 aliphatic heterocycles. The molecule has 5 saturated carbocycles. The van der Waals surface area contributed by atoms with Crippen LogP contribution in [0.5, 0.6) is 0 Å². The van der Waals surface area contributed by atoms with E-state index in [4.69, 9.17) is 4.74 Å². The minimum Gasteiger partial charge on any atom is -0.461 e. The summed E-state index contributed by atoms with van der Waals surface area (Å²) in [6, 6.07) is 0. The van der Waals surface area contributed by atoms with Gasteiger partial charge in [0, 0.05) is 23.2 Å². The Morgan fingerprint density at radius 3 is 2.15 bits per heavy atom. The number of fused-ring (bicyclic) bond motifs is 5. The van der Waals surface area contributed by atoms with Crippen LogP contribution in [-0.2, 0) is 14.3 Å². The average molecular weight is 455 g/mol. The molecule has 5 aliphatic carbocycles. The summed E-state index contributed by atoms with van der Waals surface area (Å²) >= 11 is 0. The van der Waals surface area contributed by atoms with Gasteiger partial charge in [-0.1, -0.05) is 48.5 Å². The van der Waals surface area contributed by atoms with Crippen molar-refractivity contribution in [1.29, 1.82) is 0 Å². The molecule has 0 radical (unpaired) electrons. The van der Waals surface area contributed by atoms with Crippen molar-refractivity contribution in [3.63, 3.8) is 0 Å². The van der Waals surface area contributed by atoms with Crippen LogP contribution in [0, 0.1) is 56.2 Å². The first-order valence-corrected chi connectivity index (χ1v) is 14.0. The quantitative estimate of drug-likeness (QED) is 0.371. The summed E-state index contributed by atoms with van der Waals surface area (Å²) in [5.41, 5.74) is 0.494. The van der Waals surface area contributed by atoms with E-state index in [2.05, 4.69) is 48.5 Å². The van der Waals surface area contributed by atoms with Crippen LogP contribution >= 0.6 is 0 Å². The van der Waals surface area contributed by atoms with Gasteiger partial charge in [-0.05, 0) is 91.8 Å². The molecule has 9 atom stereocenters. The average Bonchev–Trinajstić information content (AvgIpc) is 2.99. The molecule has 1 saturated heterocycles. The van der Waals surface area contributed by atoms with E-state index in [0.717, 1.165) is 32.1 Å². The smallest absolute Gasteiger partial charge is 0.312 e. The van der Waals surface area contributed by atoms with Gasteiger partial charge in [-0.15, -0.1) is 0 Å². The predicted octanol–water partition coefficient (Wildman–Crippen LogP) is 6.97. The van der Waals surface area contributed by atoms with Crippen LogP contribution in [0.4, 0.5) is 0 Å². The molecule has 0 aromatic rings. The zero-order chi connectivity index (χ0) is 23.8. The first kappa shape index (κ1) is 22.6. The number of ether oxygens (including phenoxy) is 1. The number of carbonyl (C=O) groups excluding carboxylic acids is 2. The molecule has 184 valence electrons. The monoisotopic (exact) mass is 454 g/mol. The van der Waals surface area contributed by atoms with Gasteiger partial charge >= 0.3 is 5.97 Å². The maximum atomic E-state index is 13.3. The van der Waals surface area contributed by atoms with E-state index in [1.165, 1.54) is 32.1 Å². The summed E-state index contributed by atoms with van der Waals surface area (Å²) in [5.74, 6) is 2.80. The predicted molar refractivity (Wildman–Crippen MR) is 129 cm³/mol. The standard InChI is InChI=1S/C30H46O3/c1-25(2)14-16-30-17-15-28(6)18(22(30)23(25)33-24(30)32)8-9-20-27(5)12-11-21(31)26(3,4)19(27)10-13-29(20,28)7/h18-20,22-23H,8-17H2,1-7H3/t18-,19-,20-,22+,23-,27+,28-,29-,30-/m1/s1. The fourth-order valence-electron chi connectivity index (χ4n) is 11.6. The van der Waals surface area contributed by atoms with Crippen molar-refractivity contribution in [3.05, 3.63) is 0 Å². The summed E-state index contributed by atoms with van der Waals surface area (Å²) in [6.45, 7) is 17.0. The van der Waals surface area contributed by atoms with Crippen molar-refractivity contribution >= 4 is 11.8 Å². The van der Waals surface area contributed by atoms with Crippen molar-refractivity contribution in [3.8, 4) is 0 Å². The third-order valence-corrected chi connectivity index (χ3v) is 13.8. The van der Waals surface area contributed by atoms with Crippen molar-refractivity contribution in [2.75, 3.05) is 0 Å². The molecule has 0 aromatic carbocycles. The maximum absolute atomic E-state index is 13.3. The van der Waals surface area contributed by atoms with Crippen LogP contribution in [0.1, 0.15) is 113 Å². The second kappa shape index (κ2) is 6.28. The van der Waals surface area contributed by atoms with Crippen LogP contribution in [0.15, 0.2) is 0 Å². The highest BCUT2D eigenvalue weighted by Gasteiger charge is 2.75. The maximum Gasteiger partial charge on any atom is 0.312 e. The molecule has 0 unspecified atom stereocenters. The van der Waals surface area contributed by atoms with Gasteiger partial charge in [0.1, 0.15) is 11.9 Å². The Morgan fingerprint density at radius 1 is 0.727 bits per heavy atom. The van der Waals surface area contributed by atoms with E-state index in [1.54, 1.807) is 0 Å². The molecule has 6 rings (SSSR count). The fourth-order valence-corrected chi connectivity index (χ4v) is 11.6. The first-order chi connectivity index (χ1) is 15.2. The zero-order valence-electron chi connectivity index (χ0n) is 22.2. The van der Waals surface area contributed by atoms with Gasteiger partial charge in [0.15, 0.2) is 0 Å². The Bertz CT molecular complexity index is 918. The van der Waals surface area contributed by atoms with Crippen LogP contribution in [0.25, 0.3) is 0 Å². The molecule has 0 spiro atoms. The lowest BCUT2D eigenvalue weighted by molar-refractivity contribution is -0.239. The van der Waals surface area contributed by atoms with Crippen LogP contribution in [-0.4, -0.2) is 17.9 Å². The summed E-state index contributed by atoms with van der Waals surface area (Å²) in [6.07, 6.45) is 11.2. The number of ketones is 1. The molecule has 3 nitrogen and oxygen atoms in total. The van der Waals surface area contributed by atoms with E-state index in [9.17, 15) is 9.59 Å². The third-order valence-electron chi connectivity index (χ3n) is 13.8. The second-order valence-electron chi connectivity index (χ2n) is 15.3. The number of hydrogen-bond donors (Lipinski definition) is 0. The van der Waals surface area contributed by atoms with E-state index < -0.39 is 0 Å². The van der Waals surface area contributed by atoms with E-state index in [1.807, 2.05) is 0 Å². The summed E-state index contributed by atoms with van der Waals surface area (Å²) in [4.78, 5) is 26.3. The summed E-state index contributed by atoms with van der Waals surface area (Å²) in [5, 5.41) is 0. The normalized spacial score (nSPS) is 56.2. The molecular formula is C30H46O3. The molecular weight excluding hydrogens is 408 g/mol. The summed E-state index contributed by atoms with van der Waals surface area (Å²) < 4.78 is 6.27. The van der Waals surface area contributed by atoms with Gasteiger partial charge in [0.2, 0.25) is 0 Å². The zero-order valence-corrected chi connectivity index (χ0v) is 22.2. The highest BCUT2D eigenvalue weighted by atomic mass is 16.6. The largest absolute Gasteiger partial charge is 0.461 e. The molecule has 33 heavy (non-hydrogen) atoms. The Hall–Kier alpha value is -0.860. The Morgan fingerprint density at radius 2 is 1.42 bits per heavy atom. The van der Waals surface area contributed by atoms with E-state index >= 15 is 0 Å². The molecule has 0 aromatic heterocycles. The highest BCUT2D eigenvalue weighted by Crippen LogP contribution is 2.77. The third kappa shape index (κ3) is 2.39. The van der Waals surface area contributed by atoms with Gasteiger partial charge in [0.05, 0.1) is 5.41 Å². The van der Waals surface area contributed by atoms with Gasteiger partial charge < -0.3 is 4.74 Å². The number of carbonyl (C=O) groups is 2. The topological polar surface area (TPSA) is 43.4 Å². The van der Waals surface area contributed by atoms with Crippen LogP contribution in [0.3, 0.4) is 0 Å². The SMILES string of the molecule is CC1(C)CC[C@@]23CC[C@]4(C)[C@H](CC[C@@H]5[C@@]6(C)CCC(=O)C(C)(C)[C@H]6CC[C@]54C)[C@H]2[C@H]1OC3=O. The Labute approximate surface area is 201 Å². The molecule has 3 heteroatoms. The minimum absolute atomic E-state index is 0.0910.